The van der Waals surface area contributed by atoms with Gasteiger partial charge in [0.2, 0.25) is 0 Å². The summed E-state index contributed by atoms with van der Waals surface area (Å²) in [6, 6.07) is 6.89. The second-order valence-corrected chi connectivity index (χ2v) is 3.79. The first-order chi connectivity index (χ1) is 8.58. The summed E-state index contributed by atoms with van der Waals surface area (Å²) in [6.07, 6.45) is 1.54. The van der Waals surface area contributed by atoms with Gasteiger partial charge in [-0.2, -0.15) is 0 Å². The van der Waals surface area contributed by atoms with Crippen molar-refractivity contribution in [1.82, 2.24) is 4.98 Å². The number of anilines is 1. The molecule has 0 bridgehead atoms. The number of hydrogen-bond acceptors (Lipinski definition) is 3. The van der Waals surface area contributed by atoms with Crippen LogP contribution in [0.15, 0.2) is 36.5 Å². The monoisotopic (exact) mass is 246 g/mol. The number of aromatic nitrogens is 1. The molecule has 1 aromatic carbocycles. The van der Waals surface area contributed by atoms with Crippen molar-refractivity contribution >= 4 is 11.7 Å². The second kappa shape index (κ2) is 4.83. The predicted molar refractivity (Wildman–Crippen MR) is 65.0 cm³/mol. The number of pyridine rings is 1. The molecule has 0 aliphatic carbocycles. The zero-order valence-corrected chi connectivity index (χ0v) is 9.64. The summed E-state index contributed by atoms with van der Waals surface area (Å²) in [5, 5.41) is 11.6. The van der Waals surface area contributed by atoms with E-state index in [1.165, 1.54) is 18.3 Å². The first kappa shape index (κ1) is 12.0. The number of phenols is 1. The number of phenolic OH excluding ortho intramolecular Hbond substituents is 1. The second-order valence-electron chi connectivity index (χ2n) is 3.79. The molecule has 0 unspecified atom stereocenters. The number of benzene rings is 1. The summed E-state index contributed by atoms with van der Waals surface area (Å²) in [5.74, 6) is -1.22. The largest absolute Gasteiger partial charge is 0.508 e. The van der Waals surface area contributed by atoms with Crippen LogP contribution in [0.2, 0.25) is 0 Å². The van der Waals surface area contributed by atoms with Crippen molar-refractivity contribution in [2.75, 3.05) is 5.32 Å². The Hall–Kier alpha value is -2.43. The number of carbonyl (C=O) groups is 1. The number of aromatic hydroxyl groups is 1. The maximum atomic E-state index is 13.5. The Morgan fingerprint density at radius 3 is 2.83 bits per heavy atom. The Balaban J connectivity index is 2.25. The Kier molecular flexibility index (Phi) is 3.23. The molecular weight excluding hydrogens is 235 g/mol. The number of hydrogen-bond donors (Lipinski definition) is 2. The van der Waals surface area contributed by atoms with Crippen LogP contribution in [0.4, 0.5) is 10.2 Å². The molecule has 0 aliphatic rings. The average molecular weight is 246 g/mol. The van der Waals surface area contributed by atoms with E-state index in [2.05, 4.69) is 10.3 Å². The van der Waals surface area contributed by atoms with E-state index in [4.69, 9.17) is 5.11 Å². The van der Waals surface area contributed by atoms with Gasteiger partial charge in [0.05, 0.1) is 5.56 Å². The normalized spacial score (nSPS) is 10.1. The maximum Gasteiger partial charge on any atom is 0.259 e. The van der Waals surface area contributed by atoms with Gasteiger partial charge in [-0.3, -0.25) is 4.79 Å². The summed E-state index contributed by atoms with van der Waals surface area (Å²) in [6.45, 7) is 1.79. The van der Waals surface area contributed by atoms with E-state index in [1.54, 1.807) is 19.1 Å². The van der Waals surface area contributed by atoms with E-state index >= 15 is 0 Å². The van der Waals surface area contributed by atoms with E-state index in [0.717, 1.165) is 11.6 Å². The molecule has 0 radical (unpaired) electrons. The lowest BCUT2D eigenvalue weighted by Gasteiger charge is -2.07. The highest BCUT2D eigenvalue weighted by Crippen LogP contribution is 2.17. The number of rotatable bonds is 2. The Bertz CT molecular complexity index is 599. The molecule has 0 atom stereocenters. The molecule has 0 saturated carbocycles. The van der Waals surface area contributed by atoms with Crippen molar-refractivity contribution in [1.29, 1.82) is 0 Å². The highest BCUT2D eigenvalue weighted by atomic mass is 19.1. The van der Waals surface area contributed by atoms with Gasteiger partial charge in [-0.25, -0.2) is 9.37 Å². The quantitative estimate of drug-likeness (QED) is 0.855. The fourth-order valence-electron chi connectivity index (χ4n) is 1.48. The number of aryl methyl sites for hydroxylation is 1. The number of carbonyl (C=O) groups excluding carboxylic acids is 1. The topological polar surface area (TPSA) is 62.2 Å². The minimum absolute atomic E-state index is 0.141. The van der Waals surface area contributed by atoms with Crippen molar-refractivity contribution in [3.8, 4) is 5.75 Å². The third-order valence-corrected chi connectivity index (χ3v) is 2.44. The van der Waals surface area contributed by atoms with Crippen molar-refractivity contribution < 1.29 is 14.3 Å². The molecule has 0 aliphatic heterocycles. The SMILES string of the molecule is Cc1cccnc1NC(=O)c1ccc(O)cc1F. The number of amides is 1. The van der Waals surface area contributed by atoms with Gasteiger partial charge in [-0.15, -0.1) is 0 Å². The van der Waals surface area contributed by atoms with Crippen LogP contribution in [0.25, 0.3) is 0 Å². The first-order valence-corrected chi connectivity index (χ1v) is 5.29. The molecular formula is C13H11FN2O2. The standard InChI is InChI=1S/C13H11FN2O2/c1-8-3-2-6-15-12(8)16-13(18)10-5-4-9(17)7-11(10)14/h2-7,17H,1H3,(H,15,16,18). The molecule has 1 heterocycles. The van der Waals surface area contributed by atoms with Crippen molar-refractivity contribution in [3.05, 3.63) is 53.5 Å². The van der Waals surface area contributed by atoms with Crippen molar-refractivity contribution in [3.63, 3.8) is 0 Å². The molecule has 0 fully saturated rings. The fourth-order valence-corrected chi connectivity index (χ4v) is 1.48. The average Bonchev–Trinajstić information content (AvgIpc) is 2.32. The molecule has 1 aromatic heterocycles. The minimum Gasteiger partial charge on any atom is -0.508 e. The summed E-state index contributed by atoms with van der Waals surface area (Å²) in [7, 11) is 0. The molecule has 2 rings (SSSR count). The molecule has 0 saturated heterocycles. The van der Waals surface area contributed by atoms with E-state index in [0.29, 0.717) is 5.82 Å². The minimum atomic E-state index is -0.777. The van der Waals surface area contributed by atoms with Gasteiger partial charge in [0.15, 0.2) is 0 Å². The van der Waals surface area contributed by atoms with Crippen molar-refractivity contribution in [2.24, 2.45) is 0 Å². The van der Waals surface area contributed by atoms with Crippen LogP contribution in [0, 0.1) is 12.7 Å². The van der Waals surface area contributed by atoms with Crippen LogP contribution in [0.3, 0.4) is 0 Å². The zero-order chi connectivity index (χ0) is 13.1. The van der Waals surface area contributed by atoms with Gasteiger partial charge in [-0.1, -0.05) is 6.07 Å². The first-order valence-electron chi connectivity index (χ1n) is 5.29. The zero-order valence-electron chi connectivity index (χ0n) is 9.64. The van der Waals surface area contributed by atoms with E-state index in [-0.39, 0.29) is 11.3 Å². The van der Waals surface area contributed by atoms with Crippen LogP contribution in [-0.4, -0.2) is 16.0 Å². The summed E-state index contributed by atoms with van der Waals surface area (Å²) < 4.78 is 13.5. The third-order valence-electron chi connectivity index (χ3n) is 2.44. The maximum absolute atomic E-state index is 13.5. The smallest absolute Gasteiger partial charge is 0.259 e. The van der Waals surface area contributed by atoms with Gasteiger partial charge in [0.25, 0.3) is 5.91 Å². The molecule has 18 heavy (non-hydrogen) atoms. The van der Waals surface area contributed by atoms with E-state index in [9.17, 15) is 9.18 Å². The lowest BCUT2D eigenvalue weighted by Crippen LogP contribution is -2.15. The van der Waals surface area contributed by atoms with Gasteiger partial charge in [-0.05, 0) is 30.7 Å². The summed E-state index contributed by atoms with van der Waals surface area (Å²) >= 11 is 0. The summed E-state index contributed by atoms with van der Waals surface area (Å²) in [4.78, 5) is 15.8. The third kappa shape index (κ3) is 2.45. The molecule has 92 valence electrons. The summed E-state index contributed by atoms with van der Waals surface area (Å²) in [5.41, 5.74) is 0.642. The van der Waals surface area contributed by atoms with Crippen LogP contribution < -0.4 is 5.32 Å². The van der Waals surface area contributed by atoms with Gasteiger partial charge < -0.3 is 10.4 Å². The molecule has 5 heteroatoms. The highest BCUT2D eigenvalue weighted by molar-refractivity contribution is 6.04. The van der Waals surface area contributed by atoms with Gasteiger partial charge in [0, 0.05) is 12.3 Å². The molecule has 1 amide bonds. The lowest BCUT2D eigenvalue weighted by molar-refractivity contribution is 0.102. The van der Waals surface area contributed by atoms with Crippen LogP contribution in [0.5, 0.6) is 5.75 Å². The number of nitrogens with zero attached hydrogens (tertiary/aromatic N) is 1. The predicted octanol–water partition coefficient (Wildman–Crippen LogP) is 2.49. The van der Waals surface area contributed by atoms with Crippen LogP contribution >= 0.6 is 0 Å². The van der Waals surface area contributed by atoms with Crippen molar-refractivity contribution in [2.45, 2.75) is 6.92 Å². The molecule has 0 spiro atoms. The van der Waals surface area contributed by atoms with E-state index in [1.807, 2.05) is 0 Å². The molecule has 2 N–H and O–H groups in total. The van der Waals surface area contributed by atoms with E-state index < -0.39 is 11.7 Å². The molecule has 2 aromatic rings. The highest BCUT2D eigenvalue weighted by Gasteiger charge is 2.13. The Labute approximate surface area is 103 Å². The lowest BCUT2D eigenvalue weighted by atomic mass is 10.2. The van der Waals surface area contributed by atoms with Gasteiger partial charge >= 0.3 is 0 Å². The number of halogens is 1. The fraction of sp³-hybridized carbons (Fsp3) is 0.0769. The van der Waals surface area contributed by atoms with Crippen LogP contribution in [-0.2, 0) is 0 Å². The van der Waals surface area contributed by atoms with Crippen LogP contribution in [0.1, 0.15) is 15.9 Å². The van der Waals surface area contributed by atoms with Gasteiger partial charge in [0.1, 0.15) is 17.4 Å². The Morgan fingerprint density at radius 1 is 1.39 bits per heavy atom. The number of nitrogens with one attached hydrogen (secondary N) is 1. The Morgan fingerprint density at radius 2 is 2.17 bits per heavy atom. The molecule has 4 nitrogen and oxygen atoms in total.